The molecule has 1 N–H and O–H groups in total. The summed E-state index contributed by atoms with van der Waals surface area (Å²) in [5.41, 5.74) is 4.28. The predicted octanol–water partition coefficient (Wildman–Crippen LogP) is 4.98. The molecular weight excluding hydrogens is 396 g/mol. The molecule has 30 heavy (non-hydrogen) atoms. The van der Waals surface area contributed by atoms with E-state index in [9.17, 15) is 9.59 Å². The van der Waals surface area contributed by atoms with Gasteiger partial charge in [0.05, 0.1) is 6.42 Å². The molecule has 5 heteroatoms. The fourth-order valence-electron chi connectivity index (χ4n) is 3.95. The third kappa shape index (κ3) is 5.85. The standard InChI is InChI=1S/C25H31ClN2O2/c1-17-8-9-21(14-18(17)2)15-24(29)28(16-20-10-12-22(26)13-11-20)19(3)25(30)27-23-6-4-5-7-23/h8-14,19,23H,4-7,15-16H2,1-3H3,(H,27,30)/t19-/m0/s1. The van der Waals surface area contributed by atoms with Crippen molar-refractivity contribution < 1.29 is 9.59 Å². The number of halogens is 1. The zero-order valence-corrected chi connectivity index (χ0v) is 18.8. The van der Waals surface area contributed by atoms with Crippen molar-refractivity contribution >= 4 is 23.4 Å². The first-order chi connectivity index (χ1) is 14.3. The minimum atomic E-state index is -0.541. The van der Waals surface area contributed by atoms with Crippen LogP contribution in [0.1, 0.15) is 54.9 Å². The smallest absolute Gasteiger partial charge is 0.242 e. The second kappa shape index (κ2) is 10.1. The number of nitrogens with zero attached hydrogens (tertiary/aromatic N) is 1. The van der Waals surface area contributed by atoms with Crippen LogP contribution in [0.15, 0.2) is 42.5 Å². The Hall–Kier alpha value is -2.33. The van der Waals surface area contributed by atoms with Crippen molar-refractivity contribution in [2.75, 3.05) is 0 Å². The molecule has 2 aromatic carbocycles. The number of carbonyl (C=O) groups is 2. The van der Waals surface area contributed by atoms with Crippen LogP contribution in [0.25, 0.3) is 0 Å². The zero-order valence-electron chi connectivity index (χ0n) is 18.1. The maximum absolute atomic E-state index is 13.3. The summed E-state index contributed by atoms with van der Waals surface area (Å²) in [5, 5.41) is 3.79. The van der Waals surface area contributed by atoms with Crippen LogP contribution in [-0.4, -0.2) is 28.8 Å². The van der Waals surface area contributed by atoms with E-state index in [1.54, 1.807) is 4.90 Å². The Bertz CT molecular complexity index is 889. The number of aryl methyl sites for hydroxylation is 2. The molecule has 1 saturated carbocycles. The van der Waals surface area contributed by atoms with Gasteiger partial charge in [-0.3, -0.25) is 9.59 Å². The van der Waals surface area contributed by atoms with Gasteiger partial charge in [-0.15, -0.1) is 0 Å². The number of rotatable bonds is 7. The van der Waals surface area contributed by atoms with Crippen molar-refractivity contribution in [3.63, 3.8) is 0 Å². The summed E-state index contributed by atoms with van der Waals surface area (Å²) in [6.45, 7) is 6.30. The topological polar surface area (TPSA) is 49.4 Å². The van der Waals surface area contributed by atoms with E-state index in [1.165, 1.54) is 5.56 Å². The van der Waals surface area contributed by atoms with Crippen molar-refractivity contribution in [2.45, 2.75) is 71.5 Å². The summed E-state index contributed by atoms with van der Waals surface area (Å²) >= 11 is 6.01. The lowest BCUT2D eigenvalue weighted by Crippen LogP contribution is -2.50. The number of hydrogen-bond acceptors (Lipinski definition) is 2. The fourth-order valence-corrected chi connectivity index (χ4v) is 4.08. The zero-order chi connectivity index (χ0) is 21.7. The molecule has 0 spiro atoms. The molecule has 1 aliphatic rings. The molecule has 3 rings (SSSR count). The Labute approximate surface area is 184 Å². The molecule has 1 fully saturated rings. The first-order valence-corrected chi connectivity index (χ1v) is 11.1. The molecule has 2 aromatic rings. The largest absolute Gasteiger partial charge is 0.352 e. The van der Waals surface area contributed by atoms with Crippen LogP contribution >= 0.6 is 11.6 Å². The van der Waals surface area contributed by atoms with Gasteiger partial charge in [0, 0.05) is 17.6 Å². The normalized spacial score (nSPS) is 15.1. The highest BCUT2D eigenvalue weighted by Crippen LogP contribution is 2.20. The maximum atomic E-state index is 13.3. The molecule has 0 heterocycles. The molecule has 0 aromatic heterocycles. The Morgan fingerprint density at radius 1 is 1.03 bits per heavy atom. The van der Waals surface area contributed by atoms with Crippen LogP contribution in [-0.2, 0) is 22.6 Å². The highest BCUT2D eigenvalue weighted by molar-refractivity contribution is 6.30. The van der Waals surface area contributed by atoms with E-state index in [2.05, 4.69) is 18.3 Å². The van der Waals surface area contributed by atoms with Crippen LogP contribution in [0.5, 0.6) is 0 Å². The average molecular weight is 427 g/mol. The monoisotopic (exact) mass is 426 g/mol. The molecule has 1 aliphatic carbocycles. The average Bonchev–Trinajstić information content (AvgIpc) is 3.22. The van der Waals surface area contributed by atoms with Crippen molar-refractivity contribution in [3.8, 4) is 0 Å². The summed E-state index contributed by atoms with van der Waals surface area (Å²) in [7, 11) is 0. The summed E-state index contributed by atoms with van der Waals surface area (Å²) in [5.74, 6) is -0.133. The van der Waals surface area contributed by atoms with Gasteiger partial charge in [-0.1, -0.05) is 54.8 Å². The van der Waals surface area contributed by atoms with E-state index in [1.807, 2.05) is 50.2 Å². The molecule has 0 radical (unpaired) electrons. The first-order valence-electron chi connectivity index (χ1n) is 10.7. The fraction of sp³-hybridized carbons (Fsp3) is 0.440. The van der Waals surface area contributed by atoms with Gasteiger partial charge in [-0.05, 0) is 68.0 Å². The van der Waals surface area contributed by atoms with E-state index >= 15 is 0 Å². The van der Waals surface area contributed by atoms with Crippen molar-refractivity contribution in [3.05, 3.63) is 69.7 Å². The molecule has 2 amide bonds. The summed E-state index contributed by atoms with van der Waals surface area (Å²) in [6.07, 6.45) is 4.62. The minimum absolute atomic E-state index is 0.0534. The number of hydrogen-bond donors (Lipinski definition) is 1. The molecule has 0 unspecified atom stereocenters. The summed E-state index contributed by atoms with van der Waals surface area (Å²) in [4.78, 5) is 27.9. The lowest BCUT2D eigenvalue weighted by atomic mass is 10.0. The third-order valence-electron chi connectivity index (χ3n) is 6.06. The minimum Gasteiger partial charge on any atom is -0.352 e. The van der Waals surface area contributed by atoms with E-state index in [-0.39, 0.29) is 24.3 Å². The van der Waals surface area contributed by atoms with E-state index < -0.39 is 6.04 Å². The van der Waals surface area contributed by atoms with Gasteiger partial charge in [-0.25, -0.2) is 0 Å². The quantitative estimate of drug-likeness (QED) is 0.679. The maximum Gasteiger partial charge on any atom is 0.242 e. The first kappa shape index (κ1) is 22.4. The Morgan fingerprint density at radius 2 is 1.67 bits per heavy atom. The van der Waals surface area contributed by atoms with E-state index in [0.717, 1.165) is 42.4 Å². The van der Waals surface area contributed by atoms with Crippen LogP contribution in [0.2, 0.25) is 5.02 Å². The van der Waals surface area contributed by atoms with E-state index in [0.29, 0.717) is 11.6 Å². The molecule has 4 nitrogen and oxygen atoms in total. The van der Waals surface area contributed by atoms with Crippen LogP contribution < -0.4 is 5.32 Å². The lowest BCUT2D eigenvalue weighted by molar-refractivity contribution is -0.140. The Morgan fingerprint density at radius 3 is 2.30 bits per heavy atom. The molecule has 0 bridgehead atoms. The summed E-state index contributed by atoms with van der Waals surface area (Å²) < 4.78 is 0. The van der Waals surface area contributed by atoms with Gasteiger partial charge >= 0.3 is 0 Å². The molecule has 1 atom stereocenters. The third-order valence-corrected chi connectivity index (χ3v) is 6.31. The molecule has 0 saturated heterocycles. The number of nitrogens with one attached hydrogen (secondary N) is 1. The van der Waals surface area contributed by atoms with Gasteiger partial charge in [0.25, 0.3) is 0 Å². The van der Waals surface area contributed by atoms with Crippen molar-refractivity contribution in [1.29, 1.82) is 0 Å². The van der Waals surface area contributed by atoms with Crippen molar-refractivity contribution in [2.24, 2.45) is 0 Å². The molecule has 160 valence electrons. The number of benzene rings is 2. The van der Waals surface area contributed by atoms with Crippen molar-refractivity contribution in [1.82, 2.24) is 10.2 Å². The van der Waals surface area contributed by atoms with Crippen LogP contribution in [0.4, 0.5) is 0 Å². The van der Waals surface area contributed by atoms with Crippen LogP contribution in [0, 0.1) is 13.8 Å². The lowest BCUT2D eigenvalue weighted by Gasteiger charge is -2.30. The van der Waals surface area contributed by atoms with Crippen LogP contribution in [0.3, 0.4) is 0 Å². The highest BCUT2D eigenvalue weighted by atomic mass is 35.5. The second-order valence-corrected chi connectivity index (χ2v) is 8.85. The predicted molar refractivity (Wildman–Crippen MR) is 121 cm³/mol. The molecular formula is C25H31ClN2O2. The SMILES string of the molecule is Cc1ccc(CC(=O)N(Cc2ccc(Cl)cc2)[C@@H](C)C(=O)NC2CCCC2)cc1C. The van der Waals surface area contributed by atoms with Gasteiger partial charge in [-0.2, -0.15) is 0 Å². The Kier molecular flexibility index (Phi) is 7.54. The second-order valence-electron chi connectivity index (χ2n) is 8.41. The van der Waals surface area contributed by atoms with Gasteiger partial charge in [0.1, 0.15) is 6.04 Å². The van der Waals surface area contributed by atoms with E-state index in [4.69, 9.17) is 11.6 Å². The Balaban J connectivity index is 1.77. The number of amides is 2. The summed E-state index contributed by atoms with van der Waals surface area (Å²) in [6, 6.07) is 13.2. The number of carbonyl (C=O) groups excluding carboxylic acids is 2. The van der Waals surface area contributed by atoms with Gasteiger partial charge in [0.15, 0.2) is 0 Å². The molecule has 0 aliphatic heterocycles. The highest BCUT2D eigenvalue weighted by Gasteiger charge is 2.28. The van der Waals surface area contributed by atoms with Gasteiger partial charge < -0.3 is 10.2 Å². The van der Waals surface area contributed by atoms with Gasteiger partial charge in [0.2, 0.25) is 11.8 Å².